The molecular formula is C14H16N2O3. The van der Waals surface area contributed by atoms with Gasteiger partial charge in [-0.2, -0.15) is 4.98 Å². The Morgan fingerprint density at radius 2 is 1.89 bits per heavy atom. The summed E-state index contributed by atoms with van der Waals surface area (Å²) in [5.74, 6) is -1.11. The van der Waals surface area contributed by atoms with E-state index in [1.807, 2.05) is 24.3 Å². The summed E-state index contributed by atoms with van der Waals surface area (Å²) in [5, 5.41) is 11.7. The van der Waals surface area contributed by atoms with Gasteiger partial charge in [-0.1, -0.05) is 32.9 Å². The van der Waals surface area contributed by atoms with Crippen LogP contribution in [0.1, 0.15) is 36.8 Å². The SMILES string of the molecule is CC(C)(C)c1ccc(Nc2nc(C(=O)O)co2)cc1. The second-order valence-corrected chi connectivity index (χ2v) is 5.30. The van der Waals surface area contributed by atoms with Crippen LogP contribution in [0.15, 0.2) is 34.9 Å². The minimum Gasteiger partial charge on any atom is -0.476 e. The number of aromatic nitrogens is 1. The van der Waals surface area contributed by atoms with E-state index in [0.29, 0.717) is 0 Å². The molecule has 0 amide bonds. The topological polar surface area (TPSA) is 75.4 Å². The third-order valence-electron chi connectivity index (χ3n) is 2.73. The average molecular weight is 260 g/mol. The monoisotopic (exact) mass is 260 g/mol. The Hall–Kier alpha value is -2.30. The molecule has 5 nitrogen and oxygen atoms in total. The summed E-state index contributed by atoms with van der Waals surface area (Å²) < 4.78 is 5.02. The number of carbonyl (C=O) groups is 1. The van der Waals surface area contributed by atoms with E-state index in [4.69, 9.17) is 9.52 Å². The third-order valence-corrected chi connectivity index (χ3v) is 2.73. The molecular weight excluding hydrogens is 244 g/mol. The van der Waals surface area contributed by atoms with Crippen molar-refractivity contribution in [2.45, 2.75) is 26.2 Å². The minimum atomic E-state index is -1.11. The van der Waals surface area contributed by atoms with E-state index in [9.17, 15) is 4.79 Å². The summed E-state index contributed by atoms with van der Waals surface area (Å²) in [6.07, 6.45) is 1.11. The molecule has 0 spiro atoms. The second-order valence-electron chi connectivity index (χ2n) is 5.30. The molecule has 5 heteroatoms. The minimum absolute atomic E-state index is 0.0952. The average Bonchev–Trinajstić information content (AvgIpc) is 2.77. The van der Waals surface area contributed by atoms with Gasteiger partial charge >= 0.3 is 5.97 Å². The van der Waals surface area contributed by atoms with E-state index in [2.05, 4.69) is 31.1 Å². The number of oxazole rings is 1. The van der Waals surface area contributed by atoms with Crippen LogP contribution in [0.5, 0.6) is 0 Å². The number of anilines is 2. The van der Waals surface area contributed by atoms with Crippen LogP contribution in [0.2, 0.25) is 0 Å². The molecule has 0 aliphatic rings. The smallest absolute Gasteiger partial charge is 0.357 e. The Morgan fingerprint density at radius 1 is 1.26 bits per heavy atom. The van der Waals surface area contributed by atoms with Crippen molar-refractivity contribution in [2.24, 2.45) is 0 Å². The maximum Gasteiger partial charge on any atom is 0.357 e. The summed E-state index contributed by atoms with van der Waals surface area (Å²) in [4.78, 5) is 14.5. The number of hydrogen-bond acceptors (Lipinski definition) is 4. The summed E-state index contributed by atoms with van der Waals surface area (Å²) in [5.41, 5.74) is 2.00. The van der Waals surface area contributed by atoms with Crippen LogP contribution in [0.3, 0.4) is 0 Å². The van der Waals surface area contributed by atoms with Gasteiger partial charge in [0.1, 0.15) is 6.26 Å². The van der Waals surface area contributed by atoms with Gasteiger partial charge in [-0.15, -0.1) is 0 Å². The van der Waals surface area contributed by atoms with Crippen molar-refractivity contribution < 1.29 is 14.3 Å². The largest absolute Gasteiger partial charge is 0.476 e. The van der Waals surface area contributed by atoms with Gasteiger partial charge < -0.3 is 14.8 Å². The summed E-state index contributed by atoms with van der Waals surface area (Å²) in [7, 11) is 0. The van der Waals surface area contributed by atoms with Crippen molar-refractivity contribution >= 4 is 17.7 Å². The molecule has 0 saturated heterocycles. The van der Waals surface area contributed by atoms with E-state index < -0.39 is 5.97 Å². The molecule has 0 radical (unpaired) electrons. The van der Waals surface area contributed by atoms with E-state index >= 15 is 0 Å². The molecule has 0 atom stereocenters. The molecule has 0 aliphatic carbocycles. The predicted octanol–water partition coefficient (Wildman–Crippen LogP) is 3.41. The lowest BCUT2D eigenvalue weighted by atomic mass is 9.87. The van der Waals surface area contributed by atoms with Gasteiger partial charge in [-0.05, 0) is 23.1 Å². The maximum atomic E-state index is 10.7. The normalized spacial score (nSPS) is 11.3. The first kappa shape index (κ1) is 13.1. The molecule has 2 N–H and O–H groups in total. The zero-order valence-electron chi connectivity index (χ0n) is 11.1. The van der Waals surface area contributed by atoms with Crippen molar-refractivity contribution in [2.75, 3.05) is 5.32 Å². The van der Waals surface area contributed by atoms with Gasteiger partial charge in [0.15, 0.2) is 5.69 Å². The lowest BCUT2D eigenvalue weighted by Gasteiger charge is -2.19. The van der Waals surface area contributed by atoms with Gasteiger partial charge in [0.25, 0.3) is 6.01 Å². The highest BCUT2D eigenvalue weighted by Crippen LogP contribution is 2.24. The third kappa shape index (κ3) is 3.13. The van der Waals surface area contributed by atoms with Gasteiger partial charge in [0.2, 0.25) is 0 Å². The van der Waals surface area contributed by atoms with Crippen molar-refractivity contribution in [3.63, 3.8) is 0 Å². The Labute approximate surface area is 111 Å². The van der Waals surface area contributed by atoms with Crippen LogP contribution in [-0.4, -0.2) is 16.1 Å². The predicted molar refractivity (Wildman–Crippen MR) is 71.9 cm³/mol. The van der Waals surface area contributed by atoms with Crippen LogP contribution < -0.4 is 5.32 Å². The maximum absolute atomic E-state index is 10.7. The van der Waals surface area contributed by atoms with Crippen molar-refractivity contribution in [3.8, 4) is 0 Å². The Balaban J connectivity index is 2.13. The molecule has 0 aliphatic heterocycles. The lowest BCUT2D eigenvalue weighted by molar-refractivity contribution is 0.0690. The van der Waals surface area contributed by atoms with E-state index in [-0.39, 0.29) is 17.1 Å². The van der Waals surface area contributed by atoms with Gasteiger partial charge in [-0.25, -0.2) is 4.79 Å². The Morgan fingerprint density at radius 3 is 2.37 bits per heavy atom. The van der Waals surface area contributed by atoms with Crippen LogP contribution in [0.25, 0.3) is 0 Å². The fourth-order valence-electron chi connectivity index (χ4n) is 1.61. The highest BCUT2D eigenvalue weighted by molar-refractivity contribution is 5.85. The molecule has 1 aromatic carbocycles. The van der Waals surface area contributed by atoms with Gasteiger partial charge in [0.05, 0.1) is 0 Å². The van der Waals surface area contributed by atoms with Crippen LogP contribution in [-0.2, 0) is 5.41 Å². The quantitative estimate of drug-likeness (QED) is 0.884. The first-order chi connectivity index (χ1) is 8.86. The van der Waals surface area contributed by atoms with E-state index in [0.717, 1.165) is 12.0 Å². The Bertz CT molecular complexity index is 579. The van der Waals surface area contributed by atoms with Crippen molar-refractivity contribution in [1.82, 2.24) is 4.98 Å². The number of rotatable bonds is 3. The molecule has 0 saturated carbocycles. The fraction of sp³-hybridized carbons (Fsp3) is 0.286. The van der Waals surface area contributed by atoms with Gasteiger partial charge in [0, 0.05) is 5.69 Å². The van der Waals surface area contributed by atoms with Crippen LogP contribution in [0, 0.1) is 0 Å². The number of hydrogen-bond donors (Lipinski definition) is 2. The first-order valence-corrected chi connectivity index (χ1v) is 5.92. The molecule has 1 heterocycles. The van der Waals surface area contributed by atoms with Crippen molar-refractivity contribution in [3.05, 3.63) is 41.8 Å². The van der Waals surface area contributed by atoms with Gasteiger partial charge in [-0.3, -0.25) is 0 Å². The summed E-state index contributed by atoms with van der Waals surface area (Å²) in [6, 6.07) is 8.02. The Kier molecular flexibility index (Phi) is 3.29. The zero-order chi connectivity index (χ0) is 14.0. The van der Waals surface area contributed by atoms with Crippen LogP contribution >= 0.6 is 0 Å². The molecule has 19 heavy (non-hydrogen) atoms. The highest BCUT2D eigenvalue weighted by atomic mass is 16.4. The molecule has 2 aromatic rings. The van der Waals surface area contributed by atoms with E-state index in [1.54, 1.807) is 0 Å². The molecule has 0 bridgehead atoms. The molecule has 0 unspecified atom stereocenters. The second kappa shape index (κ2) is 4.76. The fourth-order valence-corrected chi connectivity index (χ4v) is 1.61. The standard InChI is InChI=1S/C14H16N2O3/c1-14(2,3)9-4-6-10(7-5-9)15-13-16-11(8-19-13)12(17)18/h4-8H,1-3H3,(H,15,16)(H,17,18). The number of benzene rings is 1. The molecule has 1 aromatic heterocycles. The lowest BCUT2D eigenvalue weighted by Crippen LogP contribution is -2.10. The number of nitrogens with zero attached hydrogens (tertiary/aromatic N) is 1. The highest BCUT2D eigenvalue weighted by Gasteiger charge is 2.13. The van der Waals surface area contributed by atoms with E-state index in [1.165, 1.54) is 5.56 Å². The molecule has 2 rings (SSSR count). The number of carboxylic acid groups (broad SMARTS) is 1. The number of aromatic carboxylic acids is 1. The zero-order valence-corrected chi connectivity index (χ0v) is 11.1. The molecule has 0 fully saturated rings. The summed E-state index contributed by atoms with van der Waals surface area (Å²) in [6.45, 7) is 6.42. The summed E-state index contributed by atoms with van der Waals surface area (Å²) >= 11 is 0. The molecule has 100 valence electrons. The van der Waals surface area contributed by atoms with Crippen LogP contribution in [0.4, 0.5) is 11.7 Å². The number of nitrogens with one attached hydrogen (secondary N) is 1. The first-order valence-electron chi connectivity index (χ1n) is 5.92. The van der Waals surface area contributed by atoms with Crippen molar-refractivity contribution in [1.29, 1.82) is 0 Å². The number of carboxylic acids is 1.